The monoisotopic (exact) mass is 222 g/mol. The largest absolute Gasteiger partial charge is 0.395 e. The smallest absolute Gasteiger partial charge is 0.273 e. The molecule has 0 fully saturated rings. The molecule has 0 atom stereocenters. The van der Waals surface area contributed by atoms with Crippen LogP contribution in [0.25, 0.3) is 0 Å². The molecule has 1 N–H and O–H groups in total. The Bertz CT molecular complexity index is 388. The van der Waals surface area contributed by atoms with E-state index in [0.717, 1.165) is 17.0 Å². The van der Waals surface area contributed by atoms with Crippen molar-refractivity contribution in [1.29, 1.82) is 0 Å². The summed E-state index contributed by atoms with van der Waals surface area (Å²) in [4.78, 5) is 10.6. The van der Waals surface area contributed by atoms with E-state index in [1.54, 1.807) is 13.0 Å². The molecule has 1 aromatic rings. The molecule has 16 heavy (non-hydrogen) atoms. The predicted molar refractivity (Wildman–Crippen MR) is 62.3 cm³/mol. The molecule has 87 valence electrons. The Morgan fingerprint density at radius 3 is 2.56 bits per heavy atom. The van der Waals surface area contributed by atoms with Crippen LogP contribution in [-0.4, -0.2) is 16.6 Å². The van der Waals surface area contributed by atoms with Crippen LogP contribution in [0.4, 0.5) is 5.69 Å². The highest BCUT2D eigenvalue weighted by Gasteiger charge is 2.18. The second-order valence-corrected chi connectivity index (χ2v) is 4.12. The average Bonchev–Trinajstić information content (AvgIpc) is 2.26. The van der Waals surface area contributed by atoms with Crippen molar-refractivity contribution in [3.05, 3.63) is 45.4 Å². The van der Waals surface area contributed by atoms with E-state index in [1.807, 2.05) is 19.9 Å². The Morgan fingerprint density at radius 1 is 1.50 bits per heavy atom. The first kappa shape index (κ1) is 12.6. The van der Waals surface area contributed by atoms with Crippen LogP contribution >= 0.6 is 0 Å². The maximum atomic E-state index is 10.9. The van der Waals surface area contributed by atoms with Crippen molar-refractivity contribution in [2.75, 3.05) is 6.61 Å². The zero-order valence-electron chi connectivity index (χ0n) is 9.73. The van der Waals surface area contributed by atoms with Crippen molar-refractivity contribution >= 4 is 5.69 Å². The molecule has 0 saturated heterocycles. The third-order valence-corrected chi connectivity index (χ3v) is 2.58. The third kappa shape index (κ3) is 2.58. The molecular formula is C12H16NO3. The zero-order valence-corrected chi connectivity index (χ0v) is 9.73. The summed E-state index contributed by atoms with van der Waals surface area (Å²) in [5, 5.41) is 19.9. The summed E-state index contributed by atoms with van der Waals surface area (Å²) < 4.78 is 0. The molecular weight excluding hydrogens is 206 g/mol. The number of benzene rings is 1. The van der Waals surface area contributed by atoms with Crippen LogP contribution in [0.1, 0.15) is 37.8 Å². The van der Waals surface area contributed by atoms with Gasteiger partial charge in [0.05, 0.1) is 11.5 Å². The van der Waals surface area contributed by atoms with Crippen molar-refractivity contribution in [3.63, 3.8) is 0 Å². The number of aliphatic hydroxyl groups is 1. The summed E-state index contributed by atoms with van der Waals surface area (Å²) in [5.74, 6) is 0.849. The number of aliphatic hydroxyl groups excluding tert-OH is 1. The second-order valence-electron chi connectivity index (χ2n) is 4.12. The van der Waals surface area contributed by atoms with E-state index in [0.29, 0.717) is 0 Å². The second kappa shape index (κ2) is 5.07. The lowest BCUT2D eigenvalue weighted by Gasteiger charge is -2.11. The highest BCUT2D eigenvalue weighted by Crippen LogP contribution is 2.29. The van der Waals surface area contributed by atoms with E-state index < -0.39 is 0 Å². The van der Waals surface area contributed by atoms with Crippen LogP contribution in [0.2, 0.25) is 0 Å². The number of hydrogen-bond acceptors (Lipinski definition) is 3. The van der Waals surface area contributed by atoms with Gasteiger partial charge in [0.15, 0.2) is 0 Å². The molecule has 1 rings (SSSR count). The molecule has 4 heteroatoms. The molecule has 0 aliphatic rings. The lowest BCUT2D eigenvalue weighted by Crippen LogP contribution is -2.03. The van der Waals surface area contributed by atoms with Crippen LogP contribution in [0.5, 0.6) is 0 Å². The van der Waals surface area contributed by atoms with Crippen molar-refractivity contribution in [2.45, 2.75) is 26.7 Å². The lowest BCUT2D eigenvalue weighted by atomic mass is 9.95. The Labute approximate surface area is 95.1 Å². The number of nitrogens with zero attached hydrogens (tertiary/aromatic N) is 1. The highest BCUT2D eigenvalue weighted by atomic mass is 16.6. The van der Waals surface area contributed by atoms with Crippen molar-refractivity contribution < 1.29 is 10.0 Å². The molecule has 0 amide bonds. The first-order valence-electron chi connectivity index (χ1n) is 5.19. The lowest BCUT2D eigenvalue weighted by molar-refractivity contribution is -0.385. The molecule has 1 radical (unpaired) electrons. The standard InChI is InChI=1S/C12H16NO3/c1-8(2)11-5-4-10(9(3)7-14)6-12(11)13(15)16/h4-6,8,14H,7H2,1-3H3. The van der Waals surface area contributed by atoms with Crippen LogP contribution in [0, 0.1) is 16.0 Å². The molecule has 0 aromatic heterocycles. The van der Waals surface area contributed by atoms with E-state index in [1.165, 1.54) is 6.07 Å². The van der Waals surface area contributed by atoms with Gasteiger partial charge in [-0.25, -0.2) is 0 Å². The maximum absolute atomic E-state index is 10.9. The third-order valence-electron chi connectivity index (χ3n) is 2.58. The summed E-state index contributed by atoms with van der Waals surface area (Å²) in [5.41, 5.74) is 1.57. The van der Waals surface area contributed by atoms with Gasteiger partial charge in [0.1, 0.15) is 0 Å². The Hall–Kier alpha value is -1.42. The van der Waals surface area contributed by atoms with E-state index in [9.17, 15) is 10.1 Å². The van der Waals surface area contributed by atoms with Gasteiger partial charge in [-0.2, -0.15) is 0 Å². The zero-order chi connectivity index (χ0) is 12.3. The summed E-state index contributed by atoms with van der Waals surface area (Å²) in [6.07, 6.45) is 0. The minimum absolute atomic E-state index is 0.0851. The van der Waals surface area contributed by atoms with Gasteiger partial charge < -0.3 is 5.11 Å². The highest BCUT2D eigenvalue weighted by molar-refractivity contribution is 5.48. The number of rotatable bonds is 4. The topological polar surface area (TPSA) is 63.4 Å². The van der Waals surface area contributed by atoms with E-state index in [-0.39, 0.29) is 23.1 Å². The molecule has 0 heterocycles. The van der Waals surface area contributed by atoms with Crippen molar-refractivity contribution in [3.8, 4) is 0 Å². The van der Waals surface area contributed by atoms with Crippen LogP contribution in [0.15, 0.2) is 18.2 Å². The number of hydrogen-bond donors (Lipinski definition) is 1. The van der Waals surface area contributed by atoms with Crippen LogP contribution in [-0.2, 0) is 0 Å². The fourth-order valence-corrected chi connectivity index (χ4v) is 1.55. The molecule has 0 bridgehead atoms. The predicted octanol–water partition coefficient (Wildman–Crippen LogP) is 2.65. The first-order valence-corrected chi connectivity index (χ1v) is 5.19. The summed E-state index contributed by atoms with van der Waals surface area (Å²) >= 11 is 0. The van der Waals surface area contributed by atoms with Crippen molar-refractivity contribution in [2.24, 2.45) is 0 Å². The molecule has 0 aliphatic heterocycles. The van der Waals surface area contributed by atoms with Gasteiger partial charge in [-0.15, -0.1) is 0 Å². The normalized spacial score (nSPS) is 11.1. The molecule has 4 nitrogen and oxygen atoms in total. The minimum atomic E-state index is -0.372. The van der Waals surface area contributed by atoms with Gasteiger partial charge >= 0.3 is 0 Å². The van der Waals surface area contributed by atoms with Crippen LogP contribution < -0.4 is 0 Å². The maximum Gasteiger partial charge on any atom is 0.273 e. The molecule has 1 aromatic carbocycles. The Kier molecular flexibility index (Phi) is 4.01. The summed E-state index contributed by atoms with van der Waals surface area (Å²) in [7, 11) is 0. The Morgan fingerprint density at radius 2 is 2.12 bits per heavy atom. The van der Waals surface area contributed by atoms with Gasteiger partial charge in [-0.05, 0) is 11.5 Å². The van der Waals surface area contributed by atoms with Gasteiger partial charge in [-0.1, -0.05) is 32.9 Å². The van der Waals surface area contributed by atoms with Gasteiger partial charge in [-0.3, -0.25) is 10.1 Å². The van der Waals surface area contributed by atoms with Gasteiger partial charge in [0.2, 0.25) is 0 Å². The minimum Gasteiger partial charge on any atom is -0.395 e. The van der Waals surface area contributed by atoms with Gasteiger partial charge in [0, 0.05) is 17.5 Å². The van der Waals surface area contributed by atoms with E-state index in [2.05, 4.69) is 0 Å². The van der Waals surface area contributed by atoms with Gasteiger partial charge in [0.25, 0.3) is 5.69 Å². The molecule has 0 spiro atoms. The average molecular weight is 222 g/mol. The molecule has 0 aliphatic carbocycles. The SMILES string of the molecule is C[C](CO)c1ccc(C(C)C)c([N+](=O)[O-])c1. The summed E-state index contributed by atoms with van der Waals surface area (Å²) in [6.45, 7) is 5.52. The number of nitro benzene ring substituents is 1. The number of nitro groups is 1. The first-order chi connectivity index (χ1) is 7.47. The molecule has 0 unspecified atom stereocenters. The van der Waals surface area contributed by atoms with Crippen LogP contribution in [0.3, 0.4) is 0 Å². The fraction of sp³-hybridized carbons (Fsp3) is 0.417. The molecule has 0 saturated carbocycles. The quantitative estimate of drug-likeness (QED) is 0.629. The van der Waals surface area contributed by atoms with Crippen molar-refractivity contribution in [1.82, 2.24) is 0 Å². The fourth-order valence-electron chi connectivity index (χ4n) is 1.55. The summed E-state index contributed by atoms with van der Waals surface area (Å²) in [6, 6.07) is 5.10. The van der Waals surface area contributed by atoms with E-state index >= 15 is 0 Å². The Balaban J connectivity index is 3.23. The van der Waals surface area contributed by atoms with E-state index in [4.69, 9.17) is 5.11 Å².